The fourth-order valence-electron chi connectivity index (χ4n) is 2.68. The van der Waals surface area contributed by atoms with E-state index in [9.17, 15) is 10.1 Å². The predicted octanol–water partition coefficient (Wildman–Crippen LogP) is 4.52. The number of benzene rings is 1. The van der Waals surface area contributed by atoms with Crippen molar-refractivity contribution in [3.8, 4) is 6.07 Å². The van der Waals surface area contributed by atoms with Crippen LogP contribution in [-0.4, -0.2) is 21.1 Å². The van der Waals surface area contributed by atoms with E-state index in [-0.39, 0.29) is 5.91 Å². The first-order valence-electron chi connectivity index (χ1n) is 8.57. The van der Waals surface area contributed by atoms with Crippen molar-refractivity contribution in [2.75, 3.05) is 5.32 Å². The molecule has 1 heterocycles. The number of hydrogen-bond donors (Lipinski definition) is 1. The van der Waals surface area contributed by atoms with E-state index in [1.54, 1.807) is 13.8 Å². The molecule has 0 saturated carbocycles. The third kappa shape index (κ3) is 4.41. The standard InChI is InChI=1S/C20H24N4OS/c1-11(2)16-9-7-8-12(3)18(16)24-19(25)14(5)26-20-17(10-21)13(4)22-15(6)23-20/h7-9,11,14H,1-6H3,(H,24,25). The Bertz CT molecular complexity index is 871. The minimum atomic E-state index is -0.393. The van der Waals surface area contributed by atoms with Gasteiger partial charge in [0.2, 0.25) is 5.91 Å². The Morgan fingerprint density at radius 3 is 2.50 bits per heavy atom. The number of nitrogens with one attached hydrogen (secondary N) is 1. The number of carbonyl (C=O) groups excluding carboxylic acids is 1. The highest BCUT2D eigenvalue weighted by Gasteiger charge is 2.21. The molecule has 5 nitrogen and oxygen atoms in total. The number of aromatic nitrogens is 2. The van der Waals surface area contributed by atoms with Gasteiger partial charge in [-0.05, 0) is 44.7 Å². The fourth-order valence-corrected chi connectivity index (χ4v) is 3.68. The van der Waals surface area contributed by atoms with Crippen LogP contribution in [0, 0.1) is 32.1 Å². The molecule has 1 aromatic carbocycles. The van der Waals surface area contributed by atoms with Gasteiger partial charge in [0.15, 0.2) is 0 Å². The lowest BCUT2D eigenvalue weighted by Crippen LogP contribution is -2.24. The van der Waals surface area contributed by atoms with Crippen molar-refractivity contribution in [3.63, 3.8) is 0 Å². The molecule has 1 unspecified atom stereocenters. The highest BCUT2D eigenvalue weighted by Crippen LogP contribution is 2.30. The molecule has 0 aliphatic carbocycles. The Labute approximate surface area is 159 Å². The average molecular weight is 369 g/mol. The van der Waals surface area contributed by atoms with E-state index in [4.69, 9.17) is 0 Å². The smallest absolute Gasteiger partial charge is 0.237 e. The molecular formula is C20H24N4OS. The number of para-hydroxylation sites is 1. The van der Waals surface area contributed by atoms with Crippen molar-refractivity contribution >= 4 is 23.4 Å². The molecule has 0 fully saturated rings. The van der Waals surface area contributed by atoms with Crippen LogP contribution in [0.1, 0.15) is 54.9 Å². The van der Waals surface area contributed by atoms with E-state index in [1.807, 2.05) is 32.0 Å². The van der Waals surface area contributed by atoms with Crippen molar-refractivity contribution in [2.24, 2.45) is 0 Å². The Kier molecular flexibility index (Phi) is 6.38. The second-order valence-corrected chi connectivity index (χ2v) is 7.92. The zero-order valence-electron chi connectivity index (χ0n) is 16.0. The summed E-state index contributed by atoms with van der Waals surface area (Å²) >= 11 is 1.28. The third-order valence-corrected chi connectivity index (χ3v) is 5.20. The normalized spacial score (nSPS) is 11.9. The van der Waals surface area contributed by atoms with E-state index in [0.717, 1.165) is 16.8 Å². The van der Waals surface area contributed by atoms with Crippen LogP contribution in [0.3, 0.4) is 0 Å². The van der Waals surface area contributed by atoms with E-state index in [1.165, 1.54) is 11.8 Å². The molecule has 136 valence electrons. The van der Waals surface area contributed by atoms with Gasteiger partial charge in [-0.3, -0.25) is 4.79 Å². The molecule has 2 rings (SSSR count). The van der Waals surface area contributed by atoms with E-state index < -0.39 is 5.25 Å². The second kappa shape index (κ2) is 8.33. The summed E-state index contributed by atoms with van der Waals surface area (Å²) in [5.74, 6) is 0.798. The molecule has 2 aromatic rings. The lowest BCUT2D eigenvalue weighted by Gasteiger charge is -2.19. The van der Waals surface area contributed by atoms with Gasteiger partial charge >= 0.3 is 0 Å². The number of nitrogens with zero attached hydrogens (tertiary/aromatic N) is 3. The molecule has 0 radical (unpaired) electrons. The van der Waals surface area contributed by atoms with Crippen molar-refractivity contribution in [3.05, 3.63) is 46.4 Å². The van der Waals surface area contributed by atoms with E-state index in [0.29, 0.717) is 28.0 Å². The van der Waals surface area contributed by atoms with Crippen LogP contribution in [-0.2, 0) is 4.79 Å². The quantitative estimate of drug-likeness (QED) is 0.620. The van der Waals surface area contributed by atoms with Crippen LogP contribution in [0.25, 0.3) is 0 Å². The van der Waals surface area contributed by atoms with Crippen LogP contribution < -0.4 is 5.32 Å². The minimum Gasteiger partial charge on any atom is -0.325 e. The summed E-state index contributed by atoms with van der Waals surface area (Å²) in [7, 11) is 0. The van der Waals surface area contributed by atoms with Gasteiger partial charge < -0.3 is 5.32 Å². The monoisotopic (exact) mass is 368 g/mol. The number of amides is 1. The number of aryl methyl sites for hydroxylation is 3. The number of hydrogen-bond acceptors (Lipinski definition) is 5. The van der Waals surface area contributed by atoms with Gasteiger partial charge in [-0.1, -0.05) is 43.8 Å². The molecule has 1 N–H and O–H groups in total. The first-order chi connectivity index (χ1) is 12.2. The molecule has 0 saturated heterocycles. The van der Waals surface area contributed by atoms with Gasteiger partial charge in [-0.2, -0.15) is 5.26 Å². The zero-order chi connectivity index (χ0) is 19.4. The molecule has 0 spiro atoms. The summed E-state index contributed by atoms with van der Waals surface area (Å²) in [4.78, 5) is 21.3. The first kappa shape index (κ1) is 19.9. The number of thioether (sulfide) groups is 1. The minimum absolute atomic E-state index is 0.107. The van der Waals surface area contributed by atoms with Crippen molar-refractivity contribution in [2.45, 2.75) is 57.7 Å². The summed E-state index contributed by atoms with van der Waals surface area (Å²) in [6, 6.07) is 8.17. The number of rotatable bonds is 5. The molecule has 6 heteroatoms. The number of carbonyl (C=O) groups is 1. The molecular weight excluding hydrogens is 344 g/mol. The summed E-state index contributed by atoms with van der Waals surface area (Å²) < 4.78 is 0. The van der Waals surface area contributed by atoms with Crippen LogP contribution in [0.2, 0.25) is 0 Å². The van der Waals surface area contributed by atoms with Gasteiger partial charge in [-0.25, -0.2) is 9.97 Å². The van der Waals surface area contributed by atoms with Gasteiger partial charge in [0.25, 0.3) is 0 Å². The summed E-state index contributed by atoms with van der Waals surface area (Å²) in [6.07, 6.45) is 0. The molecule has 1 aromatic heterocycles. The molecule has 1 atom stereocenters. The molecule has 26 heavy (non-hydrogen) atoms. The van der Waals surface area contributed by atoms with Crippen LogP contribution in [0.5, 0.6) is 0 Å². The van der Waals surface area contributed by atoms with Gasteiger partial charge in [-0.15, -0.1) is 0 Å². The predicted molar refractivity (Wildman–Crippen MR) is 105 cm³/mol. The largest absolute Gasteiger partial charge is 0.325 e. The third-order valence-electron chi connectivity index (χ3n) is 4.11. The van der Waals surface area contributed by atoms with Gasteiger partial charge in [0, 0.05) is 5.69 Å². The summed E-state index contributed by atoms with van der Waals surface area (Å²) in [5.41, 5.74) is 4.08. The van der Waals surface area contributed by atoms with Gasteiger partial charge in [0.05, 0.1) is 10.9 Å². The van der Waals surface area contributed by atoms with Crippen molar-refractivity contribution < 1.29 is 4.79 Å². The van der Waals surface area contributed by atoms with E-state index >= 15 is 0 Å². The Morgan fingerprint density at radius 1 is 1.19 bits per heavy atom. The topological polar surface area (TPSA) is 78.7 Å². The van der Waals surface area contributed by atoms with Gasteiger partial charge in [0.1, 0.15) is 22.5 Å². The molecule has 0 bridgehead atoms. The Balaban J connectivity index is 2.24. The highest BCUT2D eigenvalue weighted by molar-refractivity contribution is 8.00. The average Bonchev–Trinajstić information content (AvgIpc) is 2.55. The van der Waals surface area contributed by atoms with Crippen LogP contribution in [0.15, 0.2) is 23.2 Å². The number of nitriles is 1. The fraction of sp³-hybridized carbons (Fsp3) is 0.400. The second-order valence-electron chi connectivity index (χ2n) is 6.59. The lowest BCUT2D eigenvalue weighted by molar-refractivity contribution is -0.115. The first-order valence-corrected chi connectivity index (χ1v) is 9.45. The Morgan fingerprint density at radius 2 is 1.88 bits per heavy atom. The maximum atomic E-state index is 12.8. The maximum Gasteiger partial charge on any atom is 0.237 e. The maximum absolute atomic E-state index is 12.8. The molecule has 1 amide bonds. The highest BCUT2D eigenvalue weighted by atomic mass is 32.2. The van der Waals surface area contributed by atoms with Crippen LogP contribution in [0.4, 0.5) is 5.69 Å². The molecule has 0 aliphatic rings. The lowest BCUT2D eigenvalue weighted by atomic mass is 9.98. The SMILES string of the molecule is Cc1nc(C)c(C#N)c(SC(C)C(=O)Nc2c(C)cccc2C(C)C)n1. The summed E-state index contributed by atoms with van der Waals surface area (Å²) in [5, 5.41) is 12.6. The van der Waals surface area contributed by atoms with E-state index in [2.05, 4.69) is 35.2 Å². The number of anilines is 1. The zero-order valence-corrected chi connectivity index (χ0v) is 16.9. The van der Waals surface area contributed by atoms with Crippen LogP contribution >= 0.6 is 11.8 Å². The molecule has 0 aliphatic heterocycles. The summed E-state index contributed by atoms with van der Waals surface area (Å²) in [6.45, 7) is 11.6. The Hall–Kier alpha value is -2.39. The van der Waals surface area contributed by atoms with Crippen molar-refractivity contribution in [1.82, 2.24) is 9.97 Å². The van der Waals surface area contributed by atoms with Crippen molar-refractivity contribution in [1.29, 1.82) is 5.26 Å².